The van der Waals surface area contributed by atoms with Crippen LogP contribution in [0.15, 0.2) is 54.9 Å². The molecule has 0 aliphatic heterocycles. The maximum atomic E-state index is 12.5. The van der Waals surface area contributed by atoms with Crippen LogP contribution in [0.25, 0.3) is 5.78 Å². The van der Waals surface area contributed by atoms with Crippen molar-refractivity contribution in [2.24, 2.45) is 0 Å². The Bertz CT molecular complexity index is 1310. The molecule has 0 spiro atoms. The van der Waals surface area contributed by atoms with Crippen molar-refractivity contribution >= 4 is 29.0 Å². The summed E-state index contributed by atoms with van der Waals surface area (Å²) in [6.45, 7) is 6.36. The number of carbonyl (C=O) groups is 2. The molecular formula is C25H26N6O3. The average Bonchev–Trinajstić information content (AvgIpc) is 3.29. The number of aromatic nitrogens is 4. The first kappa shape index (κ1) is 22.9. The molecule has 0 aliphatic rings. The second-order valence-electron chi connectivity index (χ2n) is 7.77. The van der Waals surface area contributed by atoms with Gasteiger partial charge in [0.2, 0.25) is 5.91 Å². The average molecular weight is 459 g/mol. The minimum absolute atomic E-state index is 0.121. The minimum atomic E-state index is -0.232. The quantitative estimate of drug-likeness (QED) is 0.413. The summed E-state index contributed by atoms with van der Waals surface area (Å²) in [7, 11) is 0. The number of anilines is 2. The molecule has 2 aromatic heterocycles. The summed E-state index contributed by atoms with van der Waals surface area (Å²) in [5.74, 6) is 0.948. The number of hydrogen-bond acceptors (Lipinski definition) is 6. The lowest BCUT2D eigenvalue weighted by Gasteiger charge is -2.11. The molecule has 0 unspecified atom stereocenters. The van der Waals surface area contributed by atoms with Gasteiger partial charge < -0.3 is 15.4 Å². The van der Waals surface area contributed by atoms with Gasteiger partial charge in [-0.3, -0.25) is 9.59 Å². The number of amides is 2. The van der Waals surface area contributed by atoms with E-state index in [0.717, 1.165) is 22.7 Å². The lowest BCUT2D eigenvalue weighted by molar-refractivity contribution is -0.116. The summed E-state index contributed by atoms with van der Waals surface area (Å²) in [4.78, 5) is 33.6. The highest BCUT2D eigenvalue weighted by Gasteiger charge is 2.13. The molecule has 2 aromatic carbocycles. The summed E-state index contributed by atoms with van der Waals surface area (Å²) < 4.78 is 7.08. The first-order valence-corrected chi connectivity index (χ1v) is 11.0. The van der Waals surface area contributed by atoms with Crippen molar-refractivity contribution in [3.63, 3.8) is 0 Å². The zero-order chi connectivity index (χ0) is 24.1. The highest BCUT2D eigenvalue weighted by atomic mass is 16.5. The lowest BCUT2D eigenvalue weighted by Crippen LogP contribution is -2.15. The van der Waals surface area contributed by atoms with Crippen molar-refractivity contribution in [1.29, 1.82) is 0 Å². The van der Waals surface area contributed by atoms with Crippen molar-refractivity contribution in [3.05, 3.63) is 77.4 Å². The van der Waals surface area contributed by atoms with Crippen molar-refractivity contribution in [2.75, 3.05) is 17.2 Å². The van der Waals surface area contributed by atoms with Gasteiger partial charge in [-0.05, 0) is 81.3 Å². The molecule has 9 heteroatoms. The molecule has 0 radical (unpaired) electrons. The summed E-state index contributed by atoms with van der Waals surface area (Å²) in [6.07, 6.45) is 2.30. The van der Waals surface area contributed by atoms with E-state index in [1.807, 2.05) is 20.8 Å². The van der Waals surface area contributed by atoms with Gasteiger partial charge in [0.1, 0.15) is 12.1 Å². The number of ether oxygens (including phenoxy) is 1. The predicted octanol–water partition coefficient (Wildman–Crippen LogP) is 3.96. The van der Waals surface area contributed by atoms with E-state index in [1.165, 1.54) is 6.33 Å². The second kappa shape index (κ2) is 10.1. The fraction of sp³-hybridized carbons (Fsp3) is 0.240. The van der Waals surface area contributed by atoms with Crippen LogP contribution in [-0.4, -0.2) is 38.0 Å². The molecule has 0 atom stereocenters. The van der Waals surface area contributed by atoms with Crippen LogP contribution in [0.1, 0.15) is 40.7 Å². The molecule has 174 valence electrons. The number of rotatable bonds is 8. The molecule has 9 nitrogen and oxygen atoms in total. The molecule has 4 aromatic rings. The van der Waals surface area contributed by atoms with Crippen molar-refractivity contribution in [2.45, 2.75) is 33.6 Å². The Morgan fingerprint density at radius 1 is 0.971 bits per heavy atom. The maximum Gasteiger partial charge on any atom is 0.255 e. The van der Waals surface area contributed by atoms with Crippen LogP contribution in [0.5, 0.6) is 5.75 Å². The van der Waals surface area contributed by atoms with Crippen molar-refractivity contribution in [1.82, 2.24) is 19.6 Å². The third kappa shape index (κ3) is 5.20. The number of hydrogen-bond donors (Lipinski definition) is 2. The molecule has 0 aliphatic carbocycles. The maximum absolute atomic E-state index is 12.5. The summed E-state index contributed by atoms with van der Waals surface area (Å²) in [5, 5.41) is 9.90. The molecule has 2 heterocycles. The number of fused-ring (bicyclic) bond motifs is 1. The van der Waals surface area contributed by atoms with E-state index in [0.29, 0.717) is 42.2 Å². The standard InChI is InChI=1S/C25H26N6O3/c1-4-34-21-11-9-20(10-12-21)30-24(33)18-5-7-19(8-6-18)29-23(32)14-13-22-16(2)28-25-26-15-27-31(25)17(22)3/h5-12,15H,4,13-14H2,1-3H3,(H,29,32)(H,30,33). The van der Waals surface area contributed by atoms with Crippen LogP contribution in [0, 0.1) is 13.8 Å². The Kier molecular flexibility index (Phi) is 6.82. The van der Waals surface area contributed by atoms with Gasteiger partial charge in [0.15, 0.2) is 0 Å². The molecular weight excluding hydrogens is 432 g/mol. The number of benzene rings is 2. The van der Waals surface area contributed by atoms with Gasteiger partial charge in [-0.25, -0.2) is 9.50 Å². The Labute approximate surface area is 197 Å². The van der Waals surface area contributed by atoms with Crippen LogP contribution in [0.3, 0.4) is 0 Å². The Morgan fingerprint density at radius 3 is 2.35 bits per heavy atom. The fourth-order valence-electron chi connectivity index (χ4n) is 3.69. The number of nitrogens with zero attached hydrogens (tertiary/aromatic N) is 4. The first-order valence-electron chi connectivity index (χ1n) is 11.0. The number of aryl methyl sites for hydroxylation is 2. The van der Waals surface area contributed by atoms with Crippen LogP contribution in [-0.2, 0) is 11.2 Å². The lowest BCUT2D eigenvalue weighted by atomic mass is 10.1. The Balaban J connectivity index is 1.32. The third-order valence-corrected chi connectivity index (χ3v) is 5.44. The van der Waals surface area contributed by atoms with E-state index in [4.69, 9.17) is 4.74 Å². The smallest absolute Gasteiger partial charge is 0.255 e. The van der Waals surface area contributed by atoms with Crippen LogP contribution < -0.4 is 15.4 Å². The van der Waals surface area contributed by atoms with Gasteiger partial charge in [0.05, 0.1) is 6.61 Å². The molecule has 2 amide bonds. The van der Waals surface area contributed by atoms with Crippen LogP contribution >= 0.6 is 0 Å². The van der Waals surface area contributed by atoms with Crippen molar-refractivity contribution in [3.8, 4) is 5.75 Å². The van der Waals surface area contributed by atoms with Gasteiger partial charge in [-0.15, -0.1) is 0 Å². The zero-order valence-corrected chi connectivity index (χ0v) is 19.3. The van der Waals surface area contributed by atoms with Gasteiger partial charge in [0, 0.05) is 34.7 Å². The molecule has 2 N–H and O–H groups in total. The normalized spacial score (nSPS) is 10.8. The van der Waals surface area contributed by atoms with E-state index < -0.39 is 0 Å². The molecule has 0 saturated heterocycles. The van der Waals surface area contributed by atoms with E-state index in [1.54, 1.807) is 53.0 Å². The Hall–Kier alpha value is -4.27. The highest BCUT2D eigenvalue weighted by Crippen LogP contribution is 2.18. The van der Waals surface area contributed by atoms with E-state index in [9.17, 15) is 9.59 Å². The predicted molar refractivity (Wildman–Crippen MR) is 129 cm³/mol. The van der Waals surface area contributed by atoms with Crippen LogP contribution in [0.2, 0.25) is 0 Å². The molecule has 0 bridgehead atoms. The van der Waals surface area contributed by atoms with Crippen LogP contribution in [0.4, 0.5) is 11.4 Å². The first-order chi connectivity index (χ1) is 16.4. The number of nitrogens with one attached hydrogen (secondary N) is 2. The van der Waals surface area contributed by atoms with Crippen molar-refractivity contribution < 1.29 is 14.3 Å². The van der Waals surface area contributed by atoms with E-state index >= 15 is 0 Å². The summed E-state index contributed by atoms with van der Waals surface area (Å²) in [6, 6.07) is 14.0. The van der Waals surface area contributed by atoms with E-state index in [-0.39, 0.29) is 11.8 Å². The molecule has 0 fully saturated rings. The van der Waals surface area contributed by atoms with Gasteiger partial charge >= 0.3 is 0 Å². The monoisotopic (exact) mass is 458 g/mol. The summed E-state index contributed by atoms with van der Waals surface area (Å²) in [5.41, 5.74) is 4.54. The minimum Gasteiger partial charge on any atom is -0.494 e. The molecule has 34 heavy (non-hydrogen) atoms. The Morgan fingerprint density at radius 2 is 1.65 bits per heavy atom. The highest BCUT2D eigenvalue weighted by molar-refractivity contribution is 6.04. The summed E-state index contributed by atoms with van der Waals surface area (Å²) >= 11 is 0. The van der Waals surface area contributed by atoms with E-state index in [2.05, 4.69) is 25.7 Å². The SMILES string of the molecule is CCOc1ccc(NC(=O)c2ccc(NC(=O)CCc3c(C)nc4ncnn4c3C)cc2)cc1. The number of carbonyl (C=O) groups excluding carboxylic acids is 2. The fourth-order valence-corrected chi connectivity index (χ4v) is 3.69. The van der Waals surface area contributed by atoms with Gasteiger partial charge in [0.25, 0.3) is 11.7 Å². The second-order valence-corrected chi connectivity index (χ2v) is 7.77. The molecule has 4 rings (SSSR count). The topological polar surface area (TPSA) is 111 Å². The van der Waals surface area contributed by atoms with Gasteiger partial charge in [-0.1, -0.05) is 0 Å². The van der Waals surface area contributed by atoms with Gasteiger partial charge in [-0.2, -0.15) is 10.1 Å². The third-order valence-electron chi connectivity index (χ3n) is 5.44. The molecule has 0 saturated carbocycles. The zero-order valence-electron chi connectivity index (χ0n) is 19.3. The largest absolute Gasteiger partial charge is 0.494 e.